The molecular weight excluding hydrogens is 344 g/mol. The first-order valence-corrected chi connectivity index (χ1v) is 4.61. The first-order chi connectivity index (χ1) is 6.34. The second-order valence-electron chi connectivity index (χ2n) is 2.21. The van der Waals surface area contributed by atoms with Crippen molar-refractivity contribution in [2.75, 3.05) is 0 Å². The molecule has 0 fully saturated rings. The molecule has 0 atom stereocenters. The van der Waals surface area contributed by atoms with Crippen LogP contribution in [0.3, 0.4) is 0 Å². The van der Waals surface area contributed by atoms with Crippen molar-refractivity contribution in [3.05, 3.63) is 24.0 Å². The van der Waals surface area contributed by atoms with Gasteiger partial charge in [0.2, 0.25) is 0 Å². The zero-order chi connectivity index (χ0) is 10.1. The monoisotopic (exact) mass is 360 g/mol. The van der Waals surface area contributed by atoms with E-state index in [-0.39, 0.29) is 21.1 Å². The average molecular weight is 360 g/mol. The minimum absolute atomic E-state index is 0. The van der Waals surface area contributed by atoms with Crippen LogP contribution in [0.5, 0.6) is 0 Å². The Bertz CT molecular complexity index is 259. The third-order valence-corrected chi connectivity index (χ3v) is 1.29. The van der Waals surface area contributed by atoms with E-state index in [9.17, 15) is 0 Å². The Balaban J connectivity index is 0. The van der Waals surface area contributed by atoms with E-state index in [2.05, 4.69) is 22.4 Å². The number of nitrogens with zero attached hydrogens (tertiary/aromatic N) is 2. The molecule has 0 amide bonds. The van der Waals surface area contributed by atoms with E-state index in [1.54, 1.807) is 6.20 Å². The van der Waals surface area contributed by atoms with Gasteiger partial charge in [-0.25, -0.2) is 5.56 Å². The van der Waals surface area contributed by atoms with Gasteiger partial charge in [-0.2, -0.15) is 24.2 Å². The largest absolute Gasteiger partial charge is 2.00 e. The van der Waals surface area contributed by atoms with Gasteiger partial charge in [-0.3, -0.25) is 0 Å². The smallest absolute Gasteiger partial charge is 0.480 e. The van der Waals surface area contributed by atoms with Gasteiger partial charge < -0.3 is 9.98 Å². The number of aromatic nitrogens is 1. The van der Waals surface area contributed by atoms with Crippen LogP contribution in [0, 0.1) is 13.1 Å². The van der Waals surface area contributed by atoms with Crippen LogP contribution in [0.2, 0.25) is 0 Å². The summed E-state index contributed by atoms with van der Waals surface area (Å²) in [6.45, 7) is 7.98. The summed E-state index contributed by atoms with van der Waals surface area (Å²) >= 11 is 0. The Morgan fingerprint density at radius 2 is 2.14 bits per heavy atom. The average Bonchev–Trinajstić information content (AvgIpc) is 2.20. The molecule has 1 rings (SSSR count). The van der Waals surface area contributed by atoms with Crippen molar-refractivity contribution in [1.82, 2.24) is 4.98 Å². The van der Waals surface area contributed by atoms with Gasteiger partial charge in [0.15, 0.2) is 0 Å². The Hall–Kier alpha value is -0.492. The number of rotatable bonds is 2. The SMILES string of the molecule is CC.CC[C-]=Nc1[c-]nccc1C.[W+2]. The predicted molar refractivity (Wildman–Crippen MR) is 56.5 cm³/mol. The number of pyridine rings is 1. The van der Waals surface area contributed by atoms with Crippen LogP contribution >= 0.6 is 0 Å². The summed E-state index contributed by atoms with van der Waals surface area (Å²) in [5.74, 6) is 0. The first-order valence-electron chi connectivity index (χ1n) is 4.61. The summed E-state index contributed by atoms with van der Waals surface area (Å²) in [6.07, 6.45) is 8.18. The van der Waals surface area contributed by atoms with Crippen molar-refractivity contribution < 1.29 is 21.1 Å². The molecule has 0 bridgehead atoms. The van der Waals surface area contributed by atoms with Crippen molar-refractivity contribution in [2.45, 2.75) is 34.1 Å². The minimum atomic E-state index is 0. The number of aryl methyl sites for hydroxylation is 1. The maximum atomic E-state index is 4.06. The van der Waals surface area contributed by atoms with Gasteiger partial charge in [0, 0.05) is 0 Å². The molecule has 0 saturated heterocycles. The number of aliphatic imine (C=N–C) groups is 1. The molecule has 0 N–H and O–H groups in total. The molecule has 0 spiro atoms. The molecule has 0 aliphatic heterocycles. The Morgan fingerprint density at radius 1 is 1.50 bits per heavy atom. The van der Waals surface area contributed by atoms with Gasteiger partial charge in [-0.1, -0.05) is 33.4 Å². The van der Waals surface area contributed by atoms with E-state index >= 15 is 0 Å². The molecule has 1 heterocycles. The van der Waals surface area contributed by atoms with Crippen molar-refractivity contribution >= 4 is 11.9 Å². The number of hydrogen-bond acceptors (Lipinski definition) is 2. The topological polar surface area (TPSA) is 25.2 Å². The first kappa shape index (κ1) is 16.0. The Labute approximate surface area is 101 Å². The summed E-state index contributed by atoms with van der Waals surface area (Å²) in [5, 5.41) is 0. The second kappa shape index (κ2) is 10.6. The van der Waals surface area contributed by atoms with Gasteiger partial charge >= 0.3 is 21.1 Å². The fourth-order valence-electron chi connectivity index (χ4n) is 0.686. The molecule has 1 aromatic heterocycles. The molecular formula is C11H16N2W. The van der Waals surface area contributed by atoms with E-state index in [4.69, 9.17) is 0 Å². The third kappa shape index (κ3) is 6.04. The standard InChI is InChI=1S/C9H10N2.C2H6.W/c1-3-5-11-9-7-10-6-4-8(9)2;1-2;/h4,6H,3H2,1-2H3;1-2H3;/q-2;;+2. The van der Waals surface area contributed by atoms with Crippen LogP contribution in [-0.4, -0.2) is 11.2 Å². The van der Waals surface area contributed by atoms with Crippen molar-refractivity contribution in [1.29, 1.82) is 0 Å². The normalized spacial score (nSPS) is 8.86. The zero-order valence-corrected chi connectivity index (χ0v) is 12.1. The van der Waals surface area contributed by atoms with Crippen molar-refractivity contribution in [3.8, 4) is 0 Å². The maximum absolute atomic E-state index is 4.06. The predicted octanol–water partition coefficient (Wildman–Crippen LogP) is 3.20. The molecule has 0 aromatic carbocycles. The quantitative estimate of drug-likeness (QED) is 0.588. The van der Waals surface area contributed by atoms with Gasteiger partial charge in [-0.15, -0.1) is 6.92 Å². The van der Waals surface area contributed by atoms with Gasteiger partial charge in [0.25, 0.3) is 0 Å². The van der Waals surface area contributed by atoms with E-state index < -0.39 is 0 Å². The summed E-state index contributed by atoms with van der Waals surface area (Å²) in [7, 11) is 0. The summed E-state index contributed by atoms with van der Waals surface area (Å²) < 4.78 is 0. The van der Waals surface area contributed by atoms with Crippen LogP contribution in [0.1, 0.15) is 32.8 Å². The van der Waals surface area contributed by atoms with Gasteiger partial charge in [-0.05, 0) is 0 Å². The van der Waals surface area contributed by atoms with Crippen LogP contribution in [-0.2, 0) is 21.1 Å². The minimum Gasteiger partial charge on any atom is -0.480 e. The van der Waals surface area contributed by atoms with Crippen LogP contribution < -0.4 is 0 Å². The fourth-order valence-corrected chi connectivity index (χ4v) is 0.686. The molecule has 0 radical (unpaired) electrons. The van der Waals surface area contributed by atoms with E-state index in [1.807, 2.05) is 33.8 Å². The molecule has 2 nitrogen and oxygen atoms in total. The van der Waals surface area contributed by atoms with Crippen LogP contribution in [0.4, 0.5) is 5.69 Å². The molecule has 14 heavy (non-hydrogen) atoms. The molecule has 1 aromatic rings. The fraction of sp³-hybridized carbons (Fsp3) is 0.455. The van der Waals surface area contributed by atoms with Crippen LogP contribution in [0.25, 0.3) is 0 Å². The van der Waals surface area contributed by atoms with E-state index in [0.717, 1.165) is 17.7 Å². The van der Waals surface area contributed by atoms with Gasteiger partial charge in [0.1, 0.15) is 0 Å². The number of hydrogen-bond donors (Lipinski definition) is 0. The maximum Gasteiger partial charge on any atom is 2.00 e. The summed E-state index contributed by atoms with van der Waals surface area (Å²) in [4.78, 5) is 7.90. The van der Waals surface area contributed by atoms with Crippen LogP contribution in [0.15, 0.2) is 17.3 Å². The molecule has 3 heteroatoms. The molecule has 76 valence electrons. The van der Waals surface area contributed by atoms with E-state index in [1.165, 1.54) is 0 Å². The van der Waals surface area contributed by atoms with Gasteiger partial charge in [0.05, 0.1) is 0 Å². The summed E-state index contributed by atoms with van der Waals surface area (Å²) in [6, 6.07) is 1.91. The molecule has 0 unspecified atom stereocenters. The Morgan fingerprint density at radius 3 is 2.64 bits per heavy atom. The molecule has 0 aliphatic rings. The van der Waals surface area contributed by atoms with E-state index in [0.29, 0.717) is 0 Å². The zero-order valence-electron chi connectivity index (χ0n) is 9.16. The second-order valence-corrected chi connectivity index (χ2v) is 2.21. The molecule has 0 saturated carbocycles. The third-order valence-electron chi connectivity index (χ3n) is 1.29. The van der Waals surface area contributed by atoms with Crippen molar-refractivity contribution in [3.63, 3.8) is 0 Å². The Kier molecular flexibility index (Phi) is 12.1. The molecule has 0 aliphatic carbocycles. The summed E-state index contributed by atoms with van der Waals surface area (Å²) in [5.41, 5.74) is 1.87. The van der Waals surface area contributed by atoms with Crippen molar-refractivity contribution in [2.24, 2.45) is 4.99 Å².